The van der Waals surface area contributed by atoms with Crippen molar-refractivity contribution in [2.75, 3.05) is 13.7 Å². The van der Waals surface area contributed by atoms with E-state index in [0.29, 0.717) is 17.9 Å². The summed E-state index contributed by atoms with van der Waals surface area (Å²) in [4.78, 5) is 12.4. The summed E-state index contributed by atoms with van der Waals surface area (Å²) in [5.74, 6) is 1.25. The van der Waals surface area contributed by atoms with E-state index >= 15 is 0 Å². The molecule has 4 heteroatoms. The van der Waals surface area contributed by atoms with Crippen LogP contribution in [-0.4, -0.2) is 19.6 Å². The Morgan fingerprint density at radius 1 is 1.29 bits per heavy atom. The zero-order valence-electron chi connectivity index (χ0n) is 12.1. The van der Waals surface area contributed by atoms with Crippen LogP contribution >= 0.6 is 0 Å². The third-order valence-corrected chi connectivity index (χ3v) is 3.60. The van der Waals surface area contributed by atoms with Crippen molar-refractivity contribution in [1.29, 1.82) is 0 Å². The lowest BCUT2D eigenvalue weighted by Crippen LogP contribution is -2.29. The number of benzene rings is 2. The summed E-state index contributed by atoms with van der Waals surface area (Å²) in [6.45, 7) is 2.48. The number of rotatable bonds is 3. The van der Waals surface area contributed by atoms with Crippen LogP contribution in [0.25, 0.3) is 0 Å². The highest BCUT2D eigenvalue weighted by Gasteiger charge is 2.26. The van der Waals surface area contributed by atoms with E-state index in [9.17, 15) is 4.79 Å². The highest BCUT2D eigenvalue weighted by atomic mass is 16.5. The van der Waals surface area contributed by atoms with E-state index in [0.717, 1.165) is 16.9 Å². The van der Waals surface area contributed by atoms with E-state index in [1.807, 2.05) is 31.2 Å². The molecule has 4 nitrogen and oxygen atoms in total. The predicted molar refractivity (Wildman–Crippen MR) is 79.9 cm³/mol. The number of carbonyl (C=O) groups is 1. The van der Waals surface area contributed by atoms with E-state index < -0.39 is 0 Å². The van der Waals surface area contributed by atoms with Crippen molar-refractivity contribution in [2.24, 2.45) is 0 Å². The van der Waals surface area contributed by atoms with Crippen molar-refractivity contribution in [3.8, 4) is 11.5 Å². The molecule has 0 saturated heterocycles. The number of fused-ring (bicyclic) bond motifs is 1. The molecule has 0 aliphatic carbocycles. The SMILES string of the molecule is COc1ccccc1C(=O)NC1COc2ccc(C)cc21. The minimum absolute atomic E-state index is 0.127. The second-order valence-electron chi connectivity index (χ2n) is 5.08. The van der Waals surface area contributed by atoms with Crippen molar-refractivity contribution < 1.29 is 14.3 Å². The van der Waals surface area contributed by atoms with Crippen LogP contribution in [-0.2, 0) is 0 Å². The van der Waals surface area contributed by atoms with E-state index in [-0.39, 0.29) is 11.9 Å². The van der Waals surface area contributed by atoms with Gasteiger partial charge in [-0.3, -0.25) is 4.79 Å². The van der Waals surface area contributed by atoms with Crippen LogP contribution in [0.4, 0.5) is 0 Å². The first-order valence-corrected chi connectivity index (χ1v) is 6.86. The number of ether oxygens (including phenoxy) is 2. The summed E-state index contributed by atoms with van der Waals surface area (Å²) >= 11 is 0. The highest BCUT2D eigenvalue weighted by molar-refractivity contribution is 5.97. The largest absolute Gasteiger partial charge is 0.496 e. The zero-order valence-corrected chi connectivity index (χ0v) is 12.1. The number of carbonyl (C=O) groups excluding carboxylic acids is 1. The first kappa shape index (κ1) is 13.5. The molecule has 2 aromatic carbocycles. The van der Waals surface area contributed by atoms with E-state index in [2.05, 4.69) is 11.4 Å². The van der Waals surface area contributed by atoms with Crippen molar-refractivity contribution in [3.63, 3.8) is 0 Å². The van der Waals surface area contributed by atoms with Gasteiger partial charge in [-0.05, 0) is 25.1 Å². The van der Waals surface area contributed by atoms with Gasteiger partial charge in [-0.25, -0.2) is 0 Å². The van der Waals surface area contributed by atoms with Crippen LogP contribution in [0.1, 0.15) is 27.5 Å². The standard InChI is InChI=1S/C17H17NO3/c1-11-7-8-16-13(9-11)14(10-21-16)18-17(19)12-5-3-4-6-15(12)20-2/h3-9,14H,10H2,1-2H3,(H,18,19). The molecule has 0 bridgehead atoms. The highest BCUT2D eigenvalue weighted by Crippen LogP contribution is 2.33. The summed E-state index contributed by atoms with van der Waals surface area (Å²) in [6, 6.07) is 13.1. The summed E-state index contributed by atoms with van der Waals surface area (Å²) in [5.41, 5.74) is 2.70. The fraction of sp³-hybridized carbons (Fsp3) is 0.235. The first-order chi connectivity index (χ1) is 10.2. The number of para-hydroxylation sites is 1. The van der Waals surface area contributed by atoms with Crippen molar-refractivity contribution >= 4 is 5.91 Å². The molecule has 0 saturated carbocycles. The van der Waals surface area contributed by atoms with Crippen molar-refractivity contribution in [1.82, 2.24) is 5.32 Å². The lowest BCUT2D eigenvalue weighted by atomic mass is 10.1. The van der Waals surface area contributed by atoms with Gasteiger partial charge in [0.15, 0.2) is 0 Å². The van der Waals surface area contributed by atoms with Crippen LogP contribution in [0.15, 0.2) is 42.5 Å². The molecule has 0 spiro atoms. The lowest BCUT2D eigenvalue weighted by Gasteiger charge is -2.14. The fourth-order valence-electron chi connectivity index (χ4n) is 2.52. The third kappa shape index (κ3) is 2.57. The average molecular weight is 283 g/mol. The minimum atomic E-state index is -0.157. The maximum atomic E-state index is 12.4. The maximum absolute atomic E-state index is 12.4. The second kappa shape index (κ2) is 5.48. The average Bonchev–Trinajstić information content (AvgIpc) is 2.89. The van der Waals surface area contributed by atoms with E-state index in [1.165, 1.54) is 0 Å². The Kier molecular flexibility index (Phi) is 3.52. The minimum Gasteiger partial charge on any atom is -0.496 e. The topological polar surface area (TPSA) is 47.6 Å². The van der Waals surface area contributed by atoms with Crippen LogP contribution in [0.3, 0.4) is 0 Å². The van der Waals surface area contributed by atoms with Gasteiger partial charge in [0.25, 0.3) is 5.91 Å². The summed E-state index contributed by atoms with van der Waals surface area (Å²) in [7, 11) is 1.56. The number of nitrogens with one attached hydrogen (secondary N) is 1. The van der Waals surface area contributed by atoms with Gasteiger partial charge < -0.3 is 14.8 Å². The third-order valence-electron chi connectivity index (χ3n) is 3.60. The number of aryl methyl sites for hydroxylation is 1. The van der Waals surface area contributed by atoms with Gasteiger partial charge in [0.05, 0.1) is 18.7 Å². The number of hydrogen-bond acceptors (Lipinski definition) is 3. The molecule has 1 heterocycles. The molecule has 2 aromatic rings. The molecule has 0 radical (unpaired) electrons. The Morgan fingerprint density at radius 3 is 2.90 bits per heavy atom. The molecule has 1 aliphatic rings. The number of methoxy groups -OCH3 is 1. The van der Waals surface area contributed by atoms with Crippen LogP contribution in [0.2, 0.25) is 0 Å². The van der Waals surface area contributed by atoms with Gasteiger partial charge in [0.2, 0.25) is 0 Å². The molecule has 21 heavy (non-hydrogen) atoms. The van der Waals surface area contributed by atoms with Gasteiger partial charge in [0, 0.05) is 5.56 Å². The van der Waals surface area contributed by atoms with Gasteiger partial charge in [-0.2, -0.15) is 0 Å². The lowest BCUT2D eigenvalue weighted by molar-refractivity contribution is 0.0927. The molecular formula is C17H17NO3. The number of hydrogen-bond donors (Lipinski definition) is 1. The molecule has 1 N–H and O–H groups in total. The van der Waals surface area contributed by atoms with Gasteiger partial charge in [-0.15, -0.1) is 0 Å². The van der Waals surface area contributed by atoms with Crippen LogP contribution in [0.5, 0.6) is 11.5 Å². The molecule has 1 unspecified atom stereocenters. The van der Waals surface area contributed by atoms with Crippen molar-refractivity contribution in [2.45, 2.75) is 13.0 Å². The van der Waals surface area contributed by atoms with Gasteiger partial charge in [-0.1, -0.05) is 29.8 Å². The Hall–Kier alpha value is -2.49. The molecule has 3 rings (SSSR count). The van der Waals surface area contributed by atoms with Crippen molar-refractivity contribution in [3.05, 3.63) is 59.2 Å². The molecule has 1 atom stereocenters. The van der Waals surface area contributed by atoms with Gasteiger partial charge in [0.1, 0.15) is 18.1 Å². The Labute approximate surface area is 123 Å². The van der Waals surface area contributed by atoms with E-state index in [4.69, 9.17) is 9.47 Å². The zero-order chi connectivity index (χ0) is 14.8. The van der Waals surface area contributed by atoms with E-state index in [1.54, 1.807) is 19.2 Å². The monoisotopic (exact) mass is 283 g/mol. The number of amides is 1. The van der Waals surface area contributed by atoms with Gasteiger partial charge >= 0.3 is 0 Å². The molecular weight excluding hydrogens is 266 g/mol. The predicted octanol–water partition coefficient (Wildman–Crippen LogP) is 2.87. The maximum Gasteiger partial charge on any atom is 0.255 e. The smallest absolute Gasteiger partial charge is 0.255 e. The summed E-state index contributed by atoms with van der Waals surface area (Å²) in [5, 5.41) is 3.01. The molecule has 1 amide bonds. The Bertz CT molecular complexity index is 681. The van der Waals surface area contributed by atoms with Crippen LogP contribution in [0, 0.1) is 6.92 Å². The summed E-state index contributed by atoms with van der Waals surface area (Å²) in [6.07, 6.45) is 0. The second-order valence-corrected chi connectivity index (χ2v) is 5.08. The first-order valence-electron chi connectivity index (χ1n) is 6.86. The normalized spacial score (nSPS) is 16.0. The Morgan fingerprint density at radius 2 is 2.10 bits per heavy atom. The Balaban J connectivity index is 1.83. The molecule has 108 valence electrons. The molecule has 1 aliphatic heterocycles. The molecule has 0 aromatic heterocycles. The molecule has 0 fully saturated rings. The quantitative estimate of drug-likeness (QED) is 0.942. The van der Waals surface area contributed by atoms with Crippen LogP contribution < -0.4 is 14.8 Å². The summed E-state index contributed by atoms with van der Waals surface area (Å²) < 4.78 is 10.8. The fourth-order valence-corrected chi connectivity index (χ4v) is 2.52.